The van der Waals surface area contributed by atoms with Crippen LogP contribution in [0.4, 0.5) is 4.79 Å². The molecule has 0 radical (unpaired) electrons. The van der Waals surface area contributed by atoms with Crippen molar-refractivity contribution >= 4 is 11.7 Å². The number of carbonyl (C=O) groups excluding carboxylic acids is 1. The summed E-state index contributed by atoms with van der Waals surface area (Å²) in [4.78, 5) is 16.2. The Labute approximate surface area is 123 Å². The normalized spacial score (nSPS) is 11.6. The SMILES string of the molecule is C=C/C(=C\C=C/C)c1cn(C(=O)Oc2ccccc2)cn1. The maximum absolute atomic E-state index is 12.0. The molecule has 0 aliphatic carbocycles. The van der Waals surface area contributed by atoms with Crippen LogP contribution < -0.4 is 4.74 Å². The fourth-order valence-electron chi connectivity index (χ4n) is 1.67. The lowest BCUT2D eigenvalue weighted by Gasteiger charge is -2.03. The number of rotatable bonds is 4. The molecular weight excluding hydrogens is 264 g/mol. The number of imidazole rings is 1. The Balaban J connectivity index is 2.16. The summed E-state index contributed by atoms with van der Waals surface area (Å²) in [6.07, 6.45) is 9.89. The third kappa shape index (κ3) is 3.79. The Morgan fingerprint density at radius 2 is 2.10 bits per heavy atom. The van der Waals surface area contributed by atoms with Gasteiger partial charge in [0, 0.05) is 11.8 Å². The van der Waals surface area contributed by atoms with Gasteiger partial charge in [0.05, 0.1) is 5.69 Å². The Morgan fingerprint density at radius 1 is 1.33 bits per heavy atom. The number of allylic oxidation sites excluding steroid dienone is 5. The maximum atomic E-state index is 12.0. The lowest BCUT2D eigenvalue weighted by molar-refractivity contribution is 0.202. The molecule has 0 saturated heterocycles. The number of benzene rings is 1. The molecule has 106 valence electrons. The minimum atomic E-state index is -0.505. The highest BCUT2D eigenvalue weighted by atomic mass is 16.6. The van der Waals surface area contributed by atoms with Crippen LogP contribution in [-0.2, 0) is 0 Å². The van der Waals surface area contributed by atoms with Gasteiger partial charge in [0.15, 0.2) is 0 Å². The average Bonchev–Trinajstić information content (AvgIpc) is 2.99. The van der Waals surface area contributed by atoms with Crippen LogP contribution in [-0.4, -0.2) is 15.6 Å². The van der Waals surface area contributed by atoms with E-state index in [2.05, 4.69) is 11.6 Å². The van der Waals surface area contributed by atoms with Crippen LogP contribution >= 0.6 is 0 Å². The fourth-order valence-corrected chi connectivity index (χ4v) is 1.67. The second kappa shape index (κ2) is 7.05. The molecule has 1 heterocycles. The van der Waals surface area contributed by atoms with Crippen molar-refractivity contribution in [3.8, 4) is 5.75 Å². The highest BCUT2D eigenvalue weighted by Crippen LogP contribution is 2.14. The van der Waals surface area contributed by atoms with Crippen LogP contribution in [0.15, 0.2) is 73.7 Å². The van der Waals surface area contributed by atoms with Gasteiger partial charge in [0.25, 0.3) is 0 Å². The molecular formula is C17H16N2O2. The van der Waals surface area contributed by atoms with Crippen molar-refractivity contribution < 1.29 is 9.53 Å². The van der Waals surface area contributed by atoms with Gasteiger partial charge in [-0.15, -0.1) is 0 Å². The van der Waals surface area contributed by atoms with Gasteiger partial charge in [-0.05, 0) is 19.1 Å². The van der Waals surface area contributed by atoms with Crippen molar-refractivity contribution in [1.82, 2.24) is 9.55 Å². The zero-order valence-corrected chi connectivity index (χ0v) is 11.8. The summed E-state index contributed by atoms with van der Waals surface area (Å²) in [6.45, 7) is 5.67. The molecule has 0 bridgehead atoms. The third-order valence-corrected chi connectivity index (χ3v) is 2.73. The molecule has 0 amide bonds. The van der Waals surface area contributed by atoms with E-state index in [-0.39, 0.29) is 0 Å². The van der Waals surface area contributed by atoms with Gasteiger partial charge in [-0.2, -0.15) is 0 Å². The zero-order valence-electron chi connectivity index (χ0n) is 11.8. The van der Waals surface area contributed by atoms with Gasteiger partial charge in [-0.1, -0.05) is 49.1 Å². The Bertz CT molecular complexity index is 682. The number of carbonyl (C=O) groups is 1. The predicted molar refractivity (Wildman–Crippen MR) is 83.1 cm³/mol. The van der Waals surface area contributed by atoms with Crippen molar-refractivity contribution in [2.24, 2.45) is 0 Å². The van der Waals surface area contributed by atoms with E-state index in [1.807, 2.05) is 31.2 Å². The van der Waals surface area contributed by atoms with E-state index in [9.17, 15) is 4.79 Å². The summed E-state index contributed by atoms with van der Waals surface area (Å²) in [7, 11) is 0. The maximum Gasteiger partial charge on any atom is 0.424 e. The highest BCUT2D eigenvalue weighted by Gasteiger charge is 2.10. The Hall–Kier alpha value is -2.88. The first kappa shape index (κ1) is 14.5. The molecule has 4 nitrogen and oxygen atoms in total. The summed E-state index contributed by atoms with van der Waals surface area (Å²) in [5, 5.41) is 0. The monoisotopic (exact) mass is 280 g/mol. The molecule has 0 aliphatic heterocycles. The quantitative estimate of drug-likeness (QED) is 0.793. The van der Waals surface area contributed by atoms with E-state index >= 15 is 0 Å². The van der Waals surface area contributed by atoms with Crippen molar-refractivity contribution in [2.75, 3.05) is 0 Å². The molecule has 0 N–H and O–H groups in total. The van der Waals surface area contributed by atoms with E-state index in [1.165, 1.54) is 10.9 Å². The predicted octanol–water partition coefficient (Wildman–Crippen LogP) is 4.08. The summed E-state index contributed by atoms with van der Waals surface area (Å²) >= 11 is 0. The van der Waals surface area contributed by atoms with Crippen LogP contribution in [0.3, 0.4) is 0 Å². The minimum Gasteiger partial charge on any atom is -0.410 e. The Morgan fingerprint density at radius 3 is 2.76 bits per heavy atom. The van der Waals surface area contributed by atoms with E-state index in [0.29, 0.717) is 11.4 Å². The Kier molecular flexibility index (Phi) is 4.88. The van der Waals surface area contributed by atoms with Gasteiger partial charge in [0.1, 0.15) is 12.1 Å². The molecule has 0 spiro atoms. The van der Waals surface area contributed by atoms with Gasteiger partial charge in [-0.25, -0.2) is 14.3 Å². The first-order valence-electron chi connectivity index (χ1n) is 6.51. The van der Waals surface area contributed by atoms with Crippen molar-refractivity contribution in [3.63, 3.8) is 0 Å². The van der Waals surface area contributed by atoms with Crippen molar-refractivity contribution in [2.45, 2.75) is 6.92 Å². The van der Waals surface area contributed by atoms with Crippen molar-refractivity contribution in [1.29, 1.82) is 0 Å². The number of ether oxygens (including phenoxy) is 1. The smallest absolute Gasteiger partial charge is 0.410 e. The standard InChI is InChI=1S/C17H16N2O2/c1-3-5-9-14(4-2)16-12-19(13-18-16)17(20)21-15-10-7-6-8-11-15/h3-13H,2H2,1H3/b5-3-,14-9+. The lowest BCUT2D eigenvalue weighted by atomic mass is 10.2. The molecule has 0 atom stereocenters. The van der Waals surface area contributed by atoms with E-state index < -0.39 is 6.09 Å². The zero-order chi connectivity index (χ0) is 15.1. The summed E-state index contributed by atoms with van der Waals surface area (Å²) < 4.78 is 6.53. The van der Waals surface area contributed by atoms with Gasteiger partial charge in [-0.3, -0.25) is 0 Å². The molecule has 2 rings (SSSR count). The molecule has 2 aromatic rings. The highest BCUT2D eigenvalue weighted by molar-refractivity contribution is 5.77. The lowest BCUT2D eigenvalue weighted by Crippen LogP contribution is -2.14. The minimum absolute atomic E-state index is 0.492. The van der Waals surface area contributed by atoms with Crippen LogP contribution in [0.25, 0.3) is 5.57 Å². The topological polar surface area (TPSA) is 44.1 Å². The summed E-state index contributed by atoms with van der Waals surface area (Å²) in [5.74, 6) is 0.492. The van der Waals surface area contributed by atoms with E-state index in [0.717, 1.165) is 5.57 Å². The van der Waals surface area contributed by atoms with Crippen LogP contribution in [0.5, 0.6) is 5.75 Å². The van der Waals surface area contributed by atoms with E-state index in [1.54, 1.807) is 36.5 Å². The number of aromatic nitrogens is 2. The van der Waals surface area contributed by atoms with Gasteiger partial charge < -0.3 is 4.74 Å². The molecule has 1 aromatic heterocycles. The molecule has 4 heteroatoms. The van der Waals surface area contributed by atoms with Crippen LogP contribution in [0, 0.1) is 0 Å². The fraction of sp³-hybridized carbons (Fsp3) is 0.0588. The third-order valence-electron chi connectivity index (χ3n) is 2.73. The number of nitrogens with zero attached hydrogens (tertiary/aromatic N) is 2. The summed E-state index contributed by atoms with van der Waals surface area (Å²) in [6, 6.07) is 8.90. The molecule has 0 saturated carbocycles. The van der Waals surface area contributed by atoms with Crippen molar-refractivity contribution in [3.05, 3.63) is 79.4 Å². The molecule has 0 unspecified atom stereocenters. The average molecular weight is 280 g/mol. The molecule has 21 heavy (non-hydrogen) atoms. The van der Waals surface area contributed by atoms with Crippen LogP contribution in [0.2, 0.25) is 0 Å². The second-order valence-corrected chi connectivity index (χ2v) is 4.20. The number of hydrogen-bond donors (Lipinski definition) is 0. The van der Waals surface area contributed by atoms with Gasteiger partial charge >= 0.3 is 6.09 Å². The summed E-state index contributed by atoms with van der Waals surface area (Å²) in [5.41, 5.74) is 1.49. The second-order valence-electron chi connectivity index (χ2n) is 4.20. The largest absolute Gasteiger partial charge is 0.424 e. The van der Waals surface area contributed by atoms with Crippen LogP contribution in [0.1, 0.15) is 12.6 Å². The van der Waals surface area contributed by atoms with E-state index in [4.69, 9.17) is 4.74 Å². The molecule has 0 aliphatic rings. The molecule has 1 aromatic carbocycles. The first-order chi connectivity index (χ1) is 10.2. The molecule has 0 fully saturated rings. The van der Waals surface area contributed by atoms with Gasteiger partial charge in [0.2, 0.25) is 0 Å². The number of para-hydroxylation sites is 1. The first-order valence-corrected chi connectivity index (χ1v) is 6.51. The number of hydrogen-bond acceptors (Lipinski definition) is 3.